The summed E-state index contributed by atoms with van der Waals surface area (Å²) in [7, 11) is 0. The van der Waals surface area contributed by atoms with E-state index in [4.69, 9.17) is 0 Å². The Bertz CT molecular complexity index is 693. The van der Waals surface area contributed by atoms with Crippen molar-refractivity contribution < 1.29 is 14.4 Å². The van der Waals surface area contributed by atoms with Gasteiger partial charge >= 0.3 is 6.03 Å². The molecule has 1 aliphatic rings. The quantitative estimate of drug-likeness (QED) is 0.765. The van der Waals surface area contributed by atoms with E-state index in [-0.39, 0.29) is 24.8 Å². The number of aldehydes is 1. The first-order chi connectivity index (χ1) is 9.17. The summed E-state index contributed by atoms with van der Waals surface area (Å²) in [5, 5.41) is 6.32. The monoisotopic (exact) mass is 259 g/mol. The highest BCUT2D eigenvalue weighted by molar-refractivity contribution is 6.04. The first-order valence-electron chi connectivity index (χ1n) is 5.60. The van der Waals surface area contributed by atoms with Crippen LogP contribution in [0.4, 0.5) is 10.7 Å². The summed E-state index contributed by atoms with van der Waals surface area (Å²) in [6.45, 7) is 0.238. The van der Waals surface area contributed by atoms with Crippen molar-refractivity contribution in [3.8, 4) is 0 Å². The standard InChI is InChI=1S/C11H9N5O3/c17-6-7-1-2-8-12-10(14-16(8)5-7)15-4-3-9(18)13-11(15)19/h1-2,5-6H,3-4H2,(H,13,18,19). The highest BCUT2D eigenvalue weighted by Crippen LogP contribution is 2.14. The third-order valence-electron chi connectivity index (χ3n) is 2.77. The number of carbonyl (C=O) groups is 3. The Labute approximate surface area is 107 Å². The topological polar surface area (TPSA) is 96.7 Å². The van der Waals surface area contributed by atoms with Crippen molar-refractivity contribution in [2.75, 3.05) is 11.4 Å². The van der Waals surface area contributed by atoms with Gasteiger partial charge in [-0.15, -0.1) is 5.10 Å². The Hall–Kier alpha value is -2.77. The summed E-state index contributed by atoms with van der Waals surface area (Å²) in [5.74, 6) is -0.110. The number of hydrogen-bond donors (Lipinski definition) is 1. The third kappa shape index (κ3) is 1.92. The van der Waals surface area contributed by atoms with Crippen molar-refractivity contribution in [3.63, 3.8) is 0 Å². The normalized spacial score (nSPS) is 15.7. The fourth-order valence-corrected chi connectivity index (χ4v) is 1.83. The van der Waals surface area contributed by atoms with Gasteiger partial charge < -0.3 is 0 Å². The molecule has 0 unspecified atom stereocenters. The van der Waals surface area contributed by atoms with Gasteiger partial charge in [0, 0.05) is 24.7 Å². The molecule has 8 nitrogen and oxygen atoms in total. The van der Waals surface area contributed by atoms with Crippen LogP contribution in [0.5, 0.6) is 0 Å². The van der Waals surface area contributed by atoms with E-state index in [1.807, 2.05) is 0 Å². The summed E-state index contributed by atoms with van der Waals surface area (Å²) < 4.78 is 1.42. The largest absolute Gasteiger partial charge is 0.330 e. The lowest BCUT2D eigenvalue weighted by molar-refractivity contribution is -0.120. The number of urea groups is 1. The number of hydrogen-bond acceptors (Lipinski definition) is 5. The van der Waals surface area contributed by atoms with Crippen LogP contribution in [-0.2, 0) is 4.79 Å². The van der Waals surface area contributed by atoms with Crippen molar-refractivity contribution >= 4 is 29.8 Å². The van der Waals surface area contributed by atoms with E-state index in [9.17, 15) is 14.4 Å². The number of carbonyl (C=O) groups excluding carboxylic acids is 3. The van der Waals surface area contributed by atoms with Crippen LogP contribution < -0.4 is 10.2 Å². The predicted octanol–water partition coefficient (Wildman–Crippen LogP) is -0.0119. The minimum absolute atomic E-state index is 0.202. The van der Waals surface area contributed by atoms with Gasteiger partial charge in [-0.25, -0.2) is 9.31 Å². The minimum atomic E-state index is -0.539. The van der Waals surface area contributed by atoms with Crippen LogP contribution in [0, 0.1) is 0 Å². The molecule has 19 heavy (non-hydrogen) atoms. The van der Waals surface area contributed by atoms with Crippen molar-refractivity contribution in [3.05, 3.63) is 23.9 Å². The van der Waals surface area contributed by atoms with Crippen LogP contribution in [0.15, 0.2) is 18.3 Å². The van der Waals surface area contributed by atoms with Crippen molar-refractivity contribution in [1.29, 1.82) is 0 Å². The van der Waals surface area contributed by atoms with Gasteiger partial charge in [0.2, 0.25) is 5.91 Å². The molecule has 1 fully saturated rings. The summed E-state index contributed by atoms with van der Waals surface area (Å²) >= 11 is 0. The van der Waals surface area contributed by atoms with Gasteiger partial charge in [-0.2, -0.15) is 4.98 Å². The molecule has 1 aliphatic heterocycles. The first-order valence-corrected chi connectivity index (χ1v) is 5.60. The fraction of sp³-hybridized carbons (Fsp3) is 0.182. The number of pyridine rings is 1. The molecule has 1 N–H and O–H groups in total. The number of nitrogens with zero attached hydrogens (tertiary/aromatic N) is 4. The number of amides is 3. The van der Waals surface area contributed by atoms with Crippen LogP contribution in [0.1, 0.15) is 16.8 Å². The lowest BCUT2D eigenvalue weighted by Crippen LogP contribution is -2.50. The zero-order chi connectivity index (χ0) is 13.4. The van der Waals surface area contributed by atoms with Crippen LogP contribution in [0.2, 0.25) is 0 Å². The Balaban J connectivity index is 1.99. The second-order valence-corrected chi connectivity index (χ2v) is 4.05. The van der Waals surface area contributed by atoms with Crippen LogP contribution >= 0.6 is 0 Å². The van der Waals surface area contributed by atoms with E-state index in [1.165, 1.54) is 15.6 Å². The molecule has 0 saturated carbocycles. The maximum atomic E-state index is 11.7. The van der Waals surface area contributed by atoms with Gasteiger partial charge in [-0.3, -0.25) is 19.8 Å². The number of aromatic nitrogens is 3. The van der Waals surface area contributed by atoms with Gasteiger partial charge in [0.25, 0.3) is 5.95 Å². The molecule has 0 radical (unpaired) electrons. The zero-order valence-electron chi connectivity index (χ0n) is 9.74. The van der Waals surface area contributed by atoms with E-state index in [1.54, 1.807) is 12.1 Å². The van der Waals surface area contributed by atoms with E-state index in [0.717, 1.165) is 0 Å². The molecule has 1 saturated heterocycles. The lowest BCUT2D eigenvalue weighted by Gasteiger charge is -2.22. The molecule has 2 aromatic rings. The molecule has 0 aromatic carbocycles. The summed E-state index contributed by atoms with van der Waals surface area (Å²) in [4.78, 5) is 38.9. The molecule has 96 valence electrons. The second-order valence-electron chi connectivity index (χ2n) is 4.05. The number of imide groups is 1. The van der Waals surface area contributed by atoms with Gasteiger partial charge in [-0.1, -0.05) is 0 Å². The van der Waals surface area contributed by atoms with Gasteiger partial charge in [0.05, 0.1) is 0 Å². The van der Waals surface area contributed by atoms with E-state index in [0.29, 0.717) is 17.5 Å². The lowest BCUT2D eigenvalue weighted by atomic mass is 10.3. The Morgan fingerprint density at radius 3 is 2.89 bits per heavy atom. The molecule has 0 bridgehead atoms. The molecule has 3 amide bonds. The summed E-state index contributed by atoms with van der Waals surface area (Å²) in [6, 6.07) is 2.70. The highest BCUT2D eigenvalue weighted by atomic mass is 16.2. The number of anilines is 1. The Morgan fingerprint density at radius 2 is 2.16 bits per heavy atom. The number of nitrogens with one attached hydrogen (secondary N) is 1. The average Bonchev–Trinajstić information content (AvgIpc) is 2.80. The van der Waals surface area contributed by atoms with Crippen molar-refractivity contribution in [1.82, 2.24) is 19.9 Å². The molecule has 0 atom stereocenters. The Kier molecular flexibility index (Phi) is 2.48. The first kappa shape index (κ1) is 11.3. The second kappa shape index (κ2) is 4.16. The molecule has 0 aliphatic carbocycles. The molecule has 3 heterocycles. The summed E-state index contributed by atoms with van der Waals surface area (Å²) in [5.41, 5.74) is 0.979. The summed E-state index contributed by atoms with van der Waals surface area (Å²) in [6.07, 6.45) is 2.43. The number of fused-ring (bicyclic) bond motifs is 1. The maximum Gasteiger partial charge on any atom is 0.330 e. The van der Waals surface area contributed by atoms with Gasteiger partial charge in [-0.05, 0) is 12.1 Å². The van der Waals surface area contributed by atoms with Crippen molar-refractivity contribution in [2.45, 2.75) is 6.42 Å². The smallest absolute Gasteiger partial charge is 0.298 e. The molecule has 2 aromatic heterocycles. The minimum Gasteiger partial charge on any atom is -0.298 e. The highest BCUT2D eigenvalue weighted by Gasteiger charge is 2.27. The van der Waals surface area contributed by atoms with Crippen LogP contribution in [0.25, 0.3) is 5.65 Å². The third-order valence-corrected chi connectivity index (χ3v) is 2.77. The van der Waals surface area contributed by atoms with E-state index < -0.39 is 6.03 Å². The average molecular weight is 259 g/mol. The van der Waals surface area contributed by atoms with E-state index >= 15 is 0 Å². The molecule has 3 rings (SSSR count). The van der Waals surface area contributed by atoms with Crippen LogP contribution in [-0.4, -0.2) is 39.4 Å². The van der Waals surface area contributed by atoms with Gasteiger partial charge in [0.1, 0.15) is 0 Å². The van der Waals surface area contributed by atoms with Gasteiger partial charge in [0.15, 0.2) is 11.9 Å². The van der Waals surface area contributed by atoms with Crippen molar-refractivity contribution in [2.24, 2.45) is 0 Å². The Morgan fingerprint density at radius 1 is 1.32 bits per heavy atom. The predicted molar refractivity (Wildman–Crippen MR) is 63.9 cm³/mol. The SMILES string of the molecule is O=Cc1ccc2nc(N3CCC(=O)NC3=O)nn2c1. The molecular formula is C11H9N5O3. The zero-order valence-corrected chi connectivity index (χ0v) is 9.74. The molecule has 0 spiro atoms. The molecule has 8 heteroatoms. The molecular weight excluding hydrogens is 250 g/mol. The van der Waals surface area contributed by atoms with Crippen LogP contribution in [0.3, 0.4) is 0 Å². The number of rotatable bonds is 2. The fourth-order valence-electron chi connectivity index (χ4n) is 1.83. The maximum absolute atomic E-state index is 11.7. The van der Waals surface area contributed by atoms with E-state index in [2.05, 4.69) is 15.4 Å².